The summed E-state index contributed by atoms with van der Waals surface area (Å²) in [6.07, 6.45) is 0. The molecule has 0 saturated heterocycles. The molecule has 0 aliphatic carbocycles. The normalized spacial score (nSPS) is 10.4. The molecule has 0 spiro atoms. The zero-order valence-electron chi connectivity index (χ0n) is 8.01. The van der Waals surface area contributed by atoms with Gasteiger partial charge in [-0.25, -0.2) is 4.68 Å². The van der Waals surface area contributed by atoms with Crippen LogP contribution in [0.15, 0.2) is 30.3 Å². The molecule has 0 fully saturated rings. The molecule has 2 N–H and O–H groups in total. The van der Waals surface area contributed by atoms with E-state index in [2.05, 4.69) is 10.1 Å². The van der Waals surface area contributed by atoms with Crippen LogP contribution >= 0.6 is 0 Å². The van der Waals surface area contributed by atoms with Gasteiger partial charge in [-0.3, -0.25) is 0 Å². The van der Waals surface area contributed by atoms with Crippen LogP contribution in [0.25, 0.3) is 11.4 Å². The third-order valence-corrected chi connectivity index (χ3v) is 2.02. The Labute approximate surface area is 82.4 Å². The maximum atomic E-state index is 5.55. The summed E-state index contributed by atoms with van der Waals surface area (Å²) in [6, 6.07) is 9.91. The Morgan fingerprint density at radius 1 is 1.29 bits per heavy atom. The van der Waals surface area contributed by atoms with E-state index in [4.69, 9.17) is 5.73 Å². The highest BCUT2D eigenvalue weighted by Gasteiger charge is 2.07. The molecule has 1 aromatic carbocycles. The van der Waals surface area contributed by atoms with Crippen LogP contribution in [0.3, 0.4) is 0 Å². The maximum absolute atomic E-state index is 5.55. The monoisotopic (exact) mass is 188 g/mol. The quantitative estimate of drug-likeness (QED) is 0.777. The zero-order valence-corrected chi connectivity index (χ0v) is 8.01. The van der Waals surface area contributed by atoms with Crippen LogP contribution in [-0.4, -0.2) is 14.8 Å². The van der Waals surface area contributed by atoms with Crippen molar-refractivity contribution < 1.29 is 0 Å². The summed E-state index contributed by atoms with van der Waals surface area (Å²) >= 11 is 0. The Hall–Kier alpha value is -1.84. The third kappa shape index (κ3) is 1.46. The minimum atomic E-state index is 0.325. The second-order valence-corrected chi connectivity index (χ2v) is 2.98. The van der Waals surface area contributed by atoms with Crippen LogP contribution in [0.1, 0.15) is 6.92 Å². The highest BCUT2D eigenvalue weighted by atomic mass is 15.4. The Morgan fingerprint density at radius 2 is 2.00 bits per heavy atom. The van der Waals surface area contributed by atoms with Crippen LogP contribution in [-0.2, 0) is 6.54 Å². The van der Waals surface area contributed by atoms with Crippen molar-refractivity contribution in [1.29, 1.82) is 0 Å². The lowest BCUT2D eigenvalue weighted by molar-refractivity contribution is 0.668. The van der Waals surface area contributed by atoms with Crippen molar-refractivity contribution in [2.24, 2.45) is 0 Å². The largest absolute Gasteiger partial charge is 0.366 e. The van der Waals surface area contributed by atoms with Gasteiger partial charge in [-0.1, -0.05) is 30.3 Å². The van der Waals surface area contributed by atoms with Crippen molar-refractivity contribution in [3.63, 3.8) is 0 Å². The second kappa shape index (κ2) is 3.49. The fraction of sp³-hybridized carbons (Fsp3) is 0.200. The van der Waals surface area contributed by atoms with Gasteiger partial charge in [0.15, 0.2) is 5.82 Å². The summed E-state index contributed by atoms with van der Waals surface area (Å²) in [5.41, 5.74) is 6.59. The first kappa shape index (κ1) is 8.74. The predicted molar refractivity (Wildman–Crippen MR) is 55.5 cm³/mol. The number of benzene rings is 1. The highest BCUT2D eigenvalue weighted by Crippen LogP contribution is 2.16. The average molecular weight is 188 g/mol. The Balaban J connectivity index is 2.51. The topological polar surface area (TPSA) is 56.7 Å². The summed E-state index contributed by atoms with van der Waals surface area (Å²) < 4.78 is 1.80. The molecule has 1 aromatic heterocycles. The zero-order chi connectivity index (χ0) is 9.97. The summed E-state index contributed by atoms with van der Waals surface area (Å²) in [5, 5.41) is 4.09. The van der Waals surface area contributed by atoms with E-state index in [0.29, 0.717) is 5.95 Å². The number of aryl methyl sites for hydroxylation is 1. The van der Waals surface area contributed by atoms with Gasteiger partial charge in [0.1, 0.15) is 0 Å². The average Bonchev–Trinajstić information content (AvgIpc) is 2.61. The standard InChI is InChI=1S/C10H12N4/c1-2-14-9(12-10(11)13-14)8-6-4-3-5-7-8/h3-7H,2H2,1H3,(H2,11,13). The number of anilines is 1. The SMILES string of the molecule is CCn1nc(N)nc1-c1ccccc1. The number of aromatic nitrogens is 3. The van der Waals surface area contributed by atoms with Crippen LogP contribution < -0.4 is 5.73 Å². The first-order valence-corrected chi connectivity index (χ1v) is 4.57. The molecule has 72 valence electrons. The van der Waals surface area contributed by atoms with Gasteiger partial charge in [0.05, 0.1) is 0 Å². The molecule has 4 heteroatoms. The predicted octanol–water partition coefficient (Wildman–Crippen LogP) is 1.55. The summed E-state index contributed by atoms with van der Waals surface area (Å²) in [5.74, 6) is 1.15. The lowest BCUT2D eigenvalue weighted by atomic mass is 10.2. The van der Waals surface area contributed by atoms with Gasteiger partial charge < -0.3 is 5.73 Å². The van der Waals surface area contributed by atoms with Crippen LogP contribution in [0.4, 0.5) is 5.95 Å². The number of hydrogen-bond acceptors (Lipinski definition) is 3. The van der Waals surface area contributed by atoms with Crippen LogP contribution in [0, 0.1) is 0 Å². The van der Waals surface area contributed by atoms with Crippen molar-refractivity contribution in [2.75, 3.05) is 5.73 Å². The Bertz CT molecular complexity index is 419. The maximum Gasteiger partial charge on any atom is 0.240 e. The number of hydrogen-bond donors (Lipinski definition) is 1. The van der Waals surface area contributed by atoms with E-state index in [1.54, 1.807) is 4.68 Å². The minimum Gasteiger partial charge on any atom is -0.366 e. The molecule has 0 aliphatic heterocycles. The Morgan fingerprint density at radius 3 is 2.64 bits per heavy atom. The van der Waals surface area contributed by atoms with Crippen molar-refractivity contribution in [3.05, 3.63) is 30.3 Å². The molecule has 0 saturated carbocycles. The lowest BCUT2D eigenvalue weighted by Gasteiger charge is -2.01. The molecule has 0 aliphatic rings. The van der Waals surface area contributed by atoms with Gasteiger partial charge in [0, 0.05) is 12.1 Å². The summed E-state index contributed by atoms with van der Waals surface area (Å²) in [7, 11) is 0. The molecule has 2 aromatic rings. The third-order valence-electron chi connectivity index (χ3n) is 2.02. The molecule has 0 unspecified atom stereocenters. The van der Waals surface area contributed by atoms with Gasteiger partial charge >= 0.3 is 0 Å². The van der Waals surface area contributed by atoms with Gasteiger partial charge in [0.25, 0.3) is 0 Å². The van der Waals surface area contributed by atoms with Gasteiger partial charge in [-0.2, -0.15) is 4.98 Å². The second-order valence-electron chi connectivity index (χ2n) is 2.98. The van der Waals surface area contributed by atoms with Crippen molar-refractivity contribution in [1.82, 2.24) is 14.8 Å². The van der Waals surface area contributed by atoms with Crippen molar-refractivity contribution in [2.45, 2.75) is 13.5 Å². The van der Waals surface area contributed by atoms with E-state index in [1.165, 1.54) is 0 Å². The first-order chi connectivity index (χ1) is 6.81. The number of nitrogens with zero attached hydrogens (tertiary/aromatic N) is 3. The van der Waals surface area contributed by atoms with E-state index in [9.17, 15) is 0 Å². The summed E-state index contributed by atoms with van der Waals surface area (Å²) in [4.78, 5) is 4.18. The summed E-state index contributed by atoms with van der Waals surface area (Å²) in [6.45, 7) is 2.79. The molecule has 4 nitrogen and oxygen atoms in total. The number of rotatable bonds is 2. The van der Waals surface area contributed by atoms with E-state index in [-0.39, 0.29) is 0 Å². The fourth-order valence-electron chi connectivity index (χ4n) is 1.38. The van der Waals surface area contributed by atoms with Gasteiger partial charge in [0.2, 0.25) is 5.95 Å². The minimum absolute atomic E-state index is 0.325. The van der Waals surface area contributed by atoms with E-state index >= 15 is 0 Å². The molecular weight excluding hydrogens is 176 g/mol. The smallest absolute Gasteiger partial charge is 0.240 e. The fourth-order valence-corrected chi connectivity index (χ4v) is 1.38. The van der Waals surface area contributed by atoms with Crippen molar-refractivity contribution in [3.8, 4) is 11.4 Å². The number of nitrogen functional groups attached to an aromatic ring is 1. The highest BCUT2D eigenvalue weighted by molar-refractivity contribution is 5.56. The molecule has 14 heavy (non-hydrogen) atoms. The molecule has 0 amide bonds. The van der Waals surface area contributed by atoms with E-state index in [0.717, 1.165) is 17.9 Å². The molecule has 0 radical (unpaired) electrons. The van der Waals surface area contributed by atoms with E-state index in [1.807, 2.05) is 37.3 Å². The molecule has 2 rings (SSSR count). The first-order valence-electron chi connectivity index (χ1n) is 4.57. The van der Waals surface area contributed by atoms with Gasteiger partial charge in [-0.05, 0) is 6.92 Å². The lowest BCUT2D eigenvalue weighted by Crippen LogP contribution is -1.99. The van der Waals surface area contributed by atoms with Crippen LogP contribution in [0.2, 0.25) is 0 Å². The Kier molecular flexibility index (Phi) is 2.18. The molecule has 0 bridgehead atoms. The van der Waals surface area contributed by atoms with Crippen LogP contribution in [0.5, 0.6) is 0 Å². The molecule has 0 atom stereocenters. The number of nitrogens with two attached hydrogens (primary N) is 1. The molecule has 1 heterocycles. The van der Waals surface area contributed by atoms with Gasteiger partial charge in [-0.15, -0.1) is 5.10 Å². The van der Waals surface area contributed by atoms with E-state index < -0.39 is 0 Å². The van der Waals surface area contributed by atoms with Crippen molar-refractivity contribution >= 4 is 5.95 Å². The molecular formula is C10H12N4.